The molecule has 0 spiro atoms. The van der Waals surface area contributed by atoms with Crippen LogP contribution in [0, 0.1) is 23.7 Å². The van der Waals surface area contributed by atoms with Crippen LogP contribution in [0.4, 0.5) is 0 Å². The van der Waals surface area contributed by atoms with Crippen LogP contribution in [-0.2, 0) is 19.3 Å². The van der Waals surface area contributed by atoms with Gasteiger partial charge in [0, 0.05) is 5.54 Å². The molecule has 1 aromatic carbocycles. The first kappa shape index (κ1) is 25.5. The standard InChI is InChI=1S/C31H51N/c1-6-9-10-13-25(20-24(5)23(4)8-3)16-17-28-18-19-29-21-30-26(12-7-2)14-11-15-27(30)22-31(28,29)32/h11,14-15,23,25,28-29H,5-10,12-13,16-22,32H2,1-4H3. The van der Waals surface area contributed by atoms with Crippen LogP contribution in [-0.4, -0.2) is 5.54 Å². The number of benzene rings is 1. The zero-order valence-corrected chi connectivity index (χ0v) is 21.7. The number of nitrogens with two attached hydrogens (primary N) is 1. The molecule has 32 heavy (non-hydrogen) atoms. The lowest BCUT2D eigenvalue weighted by molar-refractivity contribution is 0.206. The average molecular weight is 438 g/mol. The highest BCUT2D eigenvalue weighted by Crippen LogP contribution is 2.49. The topological polar surface area (TPSA) is 26.0 Å². The molecular formula is C31H51N. The number of hydrogen-bond acceptors (Lipinski definition) is 1. The first-order valence-electron chi connectivity index (χ1n) is 14.0. The molecule has 0 heterocycles. The van der Waals surface area contributed by atoms with Crippen LogP contribution < -0.4 is 5.73 Å². The Balaban J connectivity index is 1.66. The van der Waals surface area contributed by atoms with Gasteiger partial charge in [-0.25, -0.2) is 0 Å². The predicted molar refractivity (Wildman–Crippen MR) is 141 cm³/mol. The van der Waals surface area contributed by atoms with E-state index in [1.165, 1.54) is 89.0 Å². The van der Waals surface area contributed by atoms with E-state index in [0.29, 0.717) is 17.8 Å². The van der Waals surface area contributed by atoms with Crippen LogP contribution in [0.5, 0.6) is 0 Å². The molecule has 1 heteroatoms. The molecule has 1 aromatic rings. The maximum atomic E-state index is 7.31. The lowest BCUT2D eigenvalue weighted by atomic mass is 9.67. The molecular weight excluding hydrogens is 386 g/mol. The molecule has 5 unspecified atom stereocenters. The van der Waals surface area contributed by atoms with Crippen molar-refractivity contribution < 1.29 is 0 Å². The zero-order chi connectivity index (χ0) is 23.1. The van der Waals surface area contributed by atoms with E-state index in [1.807, 2.05) is 0 Å². The minimum atomic E-state index is 0.0273. The molecule has 2 N–H and O–H groups in total. The van der Waals surface area contributed by atoms with Gasteiger partial charge in [-0.3, -0.25) is 0 Å². The van der Waals surface area contributed by atoms with Gasteiger partial charge in [0.25, 0.3) is 0 Å². The van der Waals surface area contributed by atoms with Crippen LogP contribution >= 0.6 is 0 Å². The Morgan fingerprint density at radius 1 is 1.12 bits per heavy atom. The first-order valence-corrected chi connectivity index (χ1v) is 14.0. The number of rotatable bonds is 13. The normalized spacial score (nSPS) is 26.4. The summed E-state index contributed by atoms with van der Waals surface area (Å²) in [6.07, 6.45) is 18.0. The zero-order valence-electron chi connectivity index (χ0n) is 21.7. The molecule has 2 aliphatic rings. The smallest absolute Gasteiger partial charge is 0.0255 e. The number of hydrogen-bond donors (Lipinski definition) is 1. The molecule has 0 bridgehead atoms. The molecule has 2 aliphatic carbocycles. The van der Waals surface area contributed by atoms with Gasteiger partial charge in [0.15, 0.2) is 0 Å². The molecule has 0 aromatic heterocycles. The van der Waals surface area contributed by atoms with E-state index >= 15 is 0 Å². The monoisotopic (exact) mass is 437 g/mol. The molecule has 5 atom stereocenters. The second kappa shape index (κ2) is 11.9. The van der Waals surface area contributed by atoms with Crippen LogP contribution in [0.1, 0.15) is 115 Å². The van der Waals surface area contributed by atoms with Crippen molar-refractivity contribution in [2.24, 2.45) is 29.4 Å². The summed E-state index contributed by atoms with van der Waals surface area (Å²) in [4.78, 5) is 0. The maximum Gasteiger partial charge on any atom is 0.0255 e. The summed E-state index contributed by atoms with van der Waals surface area (Å²) in [5.74, 6) is 2.85. The lowest BCUT2D eigenvalue weighted by Gasteiger charge is -2.42. The van der Waals surface area contributed by atoms with Gasteiger partial charge in [-0.2, -0.15) is 0 Å². The fourth-order valence-electron chi connectivity index (χ4n) is 6.79. The third-order valence-corrected chi connectivity index (χ3v) is 9.22. The Kier molecular flexibility index (Phi) is 9.47. The predicted octanol–water partition coefficient (Wildman–Crippen LogP) is 8.43. The summed E-state index contributed by atoms with van der Waals surface area (Å²) in [5, 5.41) is 0. The van der Waals surface area contributed by atoms with E-state index in [9.17, 15) is 0 Å². The Hall–Kier alpha value is -1.08. The quantitative estimate of drug-likeness (QED) is 0.243. The fourth-order valence-corrected chi connectivity index (χ4v) is 6.79. The molecule has 180 valence electrons. The molecule has 0 aliphatic heterocycles. The van der Waals surface area contributed by atoms with Gasteiger partial charge in [0.1, 0.15) is 0 Å². The highest BCUT2D eigenvalue weighted by Gasteiger charge is 2.49. The third kappa shape index (κ3) is 5.88. The Morgan fingerprint density at radius 2 is 1.94 bits per heavy atom. The van der Waals surface area contributed by atoms with Crippen molar-refractivity contribution >= 4 is 0 Å². The summed E-state index contributed by atoms with van der Waals surface area (Å²) in [5.41, 5.74) is 13.6. The van der Waals surface area contributed by atoms with Crippen LogP contribution in [0.25, 0.3) is 0 Å². The number of aryl methyl sites for hydroxylation is 1. The SMILES string of the molecule is C=C(CC(CCCCC)CCC1CCC2Cc3c(CCC)cccc3CC12N)C(C)CC. The summed E-state index contributed by atoms with van der Waals surface area (Å²) in [7, 11) is 0. The summed E-state index contributed by atoms with van der Waals surface area (Å²) in [6.45, 7) is 13.7. The van der Waals surface area contributed by atoms with Gasteiger partial charge >= 0.3 is 0 Å². The first-order chi connectivity index (χ1) is 15.4. The van der Waals surface area contributed by atoms with Gasteiger partial charge < -0.3 is 5.73 Å². The van der Waals surface area contributed by atoms with E-state index in [0.717, 1.165) is 12.3 Å². The van der Waals surface area contributed by atoms with Gasteiger partial charge in [-0.1, -0.05) is 90.2 Å². The summed E-state index contributed by atoms with van der Waals surface area (Å²) < 4.78 is 0. The largest absolute Gasteiger partial charge is 0.324 e. The Bertz CT molecular complexity index is 734. The molecule has 0 amide bonds. The molecule has 1 fully saturated rings. The highest BCUT2D eigenvalue weighted by molar-refractivity contribution is 5.40. The number of fused-ring (bicyclic) bond motifs is 2. The second-order valence-electron chi connectivity index (χ2n) is 11.4. The maximum absolute atomic E-state index is 7.31. The van der Waals surface area contributed by atoms with Crippen molar-refractivity contribution in [3.05, 3.63) is 47.0 Å². The fraction of sp³-hybridized carbons (Fsp3) is 0.742. The molecule has 3 rings (SSSR count). The van der Waals surface area contributed by atoms with Gasteiger partial charge in [0.2, 0.25) is 0 Å². The number of allylic oxidation sites excluding steroid dienone is 1. The van der Waals surface area contributed by atoms with Gasteiger partial charge in [-0.05, 0) is 98.1 Å². The van der Waals surface area contributed by atoms with E-state index in [1.54, 1.807) is 16.7 Å². The highest BCUT2D eigenvalue weighted by atomic mass is 14.8. The minimum Gasteiger partial charge on any atom is -0.324 e. The van der Waals surface area contributed by atoms with E-state index < -0.39 is 0 Å². The van der Waals surface area contributed by atoms with Crippen molar-refractivity contribution in [2.45, 2.75) is 123 Å². The summed E-state index contributed by atoms with van der Waals surface area (Å²) in [6, 6.07) is 7.02. The molecule has 1 saturated carbocycles. The lowest BCUT2D eigenvalue weighted by Crippen LogP contribution is -2.53. The molecule has 1 nitrogen and oxygen atoms in total. The Morgan fingerprint density at radius 3 is 2.66 bits per heavy atom. The second-order valence-corrected chi connectivity index (χ2v) is 11.4. The van der Waals surface area contributed by atoms with Crippen molar-refractivity contribution in [3.63, 3.8) is 0 Å². The van der Waals surface area contributed by atoms with Crippen LogP contribution in [0.3, 0.4) is 0 Å². The third-order valence-electron chi connectivity index (χ3n) is 9.22. The van der Waals surface area contributed by atoms with Crippen molar-refractivity contribution in [3.8, 4) is 0 Å². The van der Waals surface area contributed by atoms with Crippen molar-refractivity contribution in [1.29, 1.82) is 0 Å². The van der Waals surface area contributed by atoms with Crippen molar-refractivity contribution in [2.75, 3.05) is 0 Å². The van der Waals surface area contributed by atoms with Gasteiger partial charge in [0.05, 0.1) is 0 Å². The Labute approximate surface area is 199 Å². The van der Waals surface area contributed by atoms with E-state index in [2.05, 4.69) is 52.5 Å². The molecule has 0 radical (unpaired) electrons. The van der Waals surface area contributed by atoms with Crippen molar-refractivity contribution in [1.82, 2.24) is 0 Å². The minimum absolute atomic E-state index is 0.0273. The van der Waals surface area contributed by atoms with Gasteiger partial charge in [-0.15, -0.1) is 0 Å². The number of unbranched alkanes of at least 4 members (excludes halogenated alkanes) is 2. The van der Waals surface area contributed by atoms with Crippen LogP contribution in [0.2, 0.25) is 0 Å². The average Bonchev–Trinajstić information content (AvgIpc) is 3.10. The molecule has 0 saturated heterocycles. The van der Waals surface area contributed by atoms with Crippen LogP contribution in [0.15, 0.2) is 30.4 Å². The van der Waals surface area contributed by atoms with E-state index in [4.69, 9.17) is 5.73 Å². The van der Waals surface area contributed by atoms with E-state index in [-0.39, 0.29) is 5.54 Å². The summed E-state index contributed by atoms with van der Waals surface area (Å²) >= 11 is 0.